The minimum absolute atomic E-state index is 0.124. The number of hydrogen-bond donors (Lipinski definition) is 1. The minimum atomic E-state index is -0.684. The molecule has 0 bridgehead atoms. The van der Waals surface area contributed by atoms with Gasteiger partial charge in [-0.1, -0.05) is 36.2 Å². The van der Waals surface area contributed by atoms with E-state index in [9.17, 15) is 5.11 Å². The van der Waals surface area contributed by atoms with Crippen molar-refractivity contribution < 1.29 is 5.11 Å². The van der Waals surface area contributed by atoms with E-state index >= 15 is 0 Å². The van der Waals surface area contributed by atoms with Crippen LogP contribution in [0.3, 0.4) is 0 Å². The van der Waals surface area contributed by atoms with Gasteiger partial charge in [-0.3, -0.25) is 4.98 Å². The Morgan fingerprint density at radius 2 is 1.78 bits per heavy atom. The highest BCUT2D eigenvalue weighted by atomic mass is 35.5. The van der Waals surface area contributed by atoms with Crippen LogP contribution in [-0.4, -0.2) is 10.1 Å². The molecule has 0 aliphatic heterocycles. The SMILES string of the molecule is CC(c1ccccn1)C(O)c1cc(Cl)cc(Cl)c1. The summed E-state index contributed by atoms with van der Waals surface area (Å²) in [7, 11) is 0. The fourth-order valence-electron chi connectivity index (χ4n) is 1.84. The number of pyridine rings is 1. The first-order chi connectivity index (χ1) is 8.58. The lowest BCUT2D eigenvalue weighted by atomic mass is 9.94. The number of aromatic nitrogens is 1. The summed E-state index contributed by atoms with van der Waals surface area (Å²) in [6, 6.07) is 10.7. The lowest BCUT2D eigenvalue weighted by Crippen LogP contribution is -2.09. The maximum Gasteiger partial charge on any atom is 0.0872 e. The average molecular weight is 282 g/mol. The molecule has 4 heteroatoms. The van der Waals surface area contributed by atoms with E-state index in [2.05, 4.69) is 4.98 Å². The number of aliphatic hydroxyl groups excluding tert-OH is 1. The summed E-state index contributed by atoms with van der Waals surface area (Å²) in [6.07, 6.45) is 1.03. The van der Waals surface area contributed by atoms with E-state index in [4.69, 9.17) is 23.2 Å². The Morgan fingerprint density at radius 3 is 2.33 bits per heavy atom. The van der Waals surface area contributed by atoms with Crippen molar-refractivity contribution in [3.8, 4) is 0 Å². The molecule has 1 aromatic heterocycles. The topological polar surface area (TPSA) is 33.1 Å². The van der Waals surface area contributed by atoms with Gasteiger partial charge in [0.15, 0.2) is 0 Å². The molecule has 0 amide bonds. The van der Waals surface area contributed by atoms with Gasteiger partial charge in [0.25, 0.3) is 0 Å². The Hall–Kier alpha value is -1.09. The summed E-state index contributed by atoms with van der Waals surface area (Å²) < 4.78 is 0. The molecule has 0 radical (unpaired) electrons. The summed E-state index contributed by atoms with van der Waals surface area (Å²) in [6.45, 7) is 1.92. The van der Waals surface area contributed by atoms with Crippen molar-refractivity contribution in [2.45, 2.75) is 18.9 Å². The number of aliphatic hydroxyl groups is 1. The largest absolute Gasteiger partial charge is 0.388 e. The van der Waals surface area contributed by atoms with Gasteiger partial charge in [-0.05, 0) is 35.9 Å². The average Bonchev–Trinajstić information content (AvgIpc) is 2.37. The van der Waals surface area contributed by atoms with Gasteiger partial charge in [0.05, 0.1) is 6.10 Å². The Labute approximate surface area is 116 Å². The Kier molecular flexibility index (Phi) is 4.23. The molecule has 0 saturated heterocycles. The first-order valence-electron chi connectivity index (χ1n) is 5.63. The molecule has 2 unspecified atom stereocenters. The number of halogens is 2. The van der Waals surface area contributed by atoms with Gasteiger partial charge >= 0.3 is 0 Å². The van der Waals surface area contributed by atoms with Crippen molar-refractivity contribution in [1.29, 1.82) is 0 Å². The molecular formula is C14H13Cl2NO. The zero-order chi connectivity index (χ0) is 13.1. The van der Waals surface area contributed by atoms with Crippen LogP contribution in [0.4, 0.5) is 0 Å². The van der Waals surface area contributed by atoms with Crippen LogP contribution in [0.2, 0.25) is 10.0 Å². The number of benzene rings is 1. The summed E-state index contributed by atoms with van der Waals surface area (Å²) in [5, 5.41) is 11.4. The van der Waals surface area contributed by atoms with Gasteiger partial charge in [-0.2, -0.15) is 0 Å². The van der Waals surface area contributed by atoms with Crippen LogP contribution in [-0.2, 0) is 0 Å². The van der Waals surface area contributed by atoms with Crippen LogP contribution in [0.25, 0.3) is 0 Å². The van der Waals surface area contributed by atoms with Gasteiger partial charge in [-0.15, -0.1) is 0 Å². The number of rotatable bonds is 3. The van der Waals surface area contributed by atoms with Crippen LogP contribution in [0, 0.1) is 0 Å². The summed E-state index contributed by atoms with van der Waals surface area (Å²) in [5.41, 5.74) is 1.53. The molecule has 0 fully saturated rings. The molecule has 2 atom stereocenters. The van der Waals surface area contributed by atoms with Gasteiger partial charge < -0.3 is 5.11 Å². The standard InChI is InChI=1S/C14H13Cl2NO/c1-9(13-4-2-3-5-17-13)14(18)10-6-11(15)8-12(16)7-10/h2-9,14,18H,1H3. The molecular weight excluding hydrogens is 269 g/mol. The summed E-state index contributed by atoms with van der Waals surface area (Å²) in [4.78, 5) is 4.24. The van der Waals surface area contributed by atoms with Crippen LogP contribution in [0.5, 0.6) is 0 Å². The Bertz CT molecular complexity index is 510. The molecule has 94 valence electrons. The number of nitrogens with zero attached hydrogens (tertiary/aromatic N) is 1. The fourth-order valence-corrected chi connectivity index (χ4v) is 2.38. The van der Waals surface area contributed by atoms with Crippen LogP contribution in [0.1, 0.15) is 30.2 Å². The highest BCUT2D eigenvalue weighted by Crippen LogP contribution is 2.32. The predicted molar refractivity (Wildman–Crippen MR) is 74.1 cm³/mol. The highest BCUT2D eigenvalue weighted by Gasteiger charge is 2.19. The van der Waals surface area contributed by atoms with Crippen LogP contribution >= 0.6 is 23.2 Å². The zero-order valence-corrected chi connectivity index (χ0v) is 11.4. The third-order valence-corrected chi connectivity index (χ3v) is 3.29. The van der Waals surface area contributed by atoms with E-state index < -0.39 is 6.10 Å². The molecule has 0 aliphatic rings. The van der Waals surface area contributed by atoms with E-state index in [-0.39, 0.29) is 5.92 Å². The Balaban J connectivity index is 2.28. The molecule has 1 heterocycles. The molecule has 0 saturated carbocycles. The summed E-state index contributed by atoms with van der Waals surface area (Å²) in [5.74, 6) is -0.124. The smallest absolute Gasteiger partial charge is 0.0872 e. The molecule has 0 spiro atoms. The van der Waals surface area contributed by atoms with Crippen molar-refractivity contribution in [3.05, 3.63) is 63.9 Å². The molecule has 0 aliphatic carbocycles. The lowest BCUT2D eigenvalue weighted by Gasteiger charge is -2.19. The van der Waals surface area contributed by atoms with E-state index in [1.54, 1.807) is 24.4 Å². The van der Waals surface area contributed by atoms with Gasteiger partial charge in [0.1, 0.15) is 0 Å². The van der Waals surface area contributed by atoms with Crippen molar-refractivity contribution in [1.82, 2.24) is 4.98 Å². The normalized spacial score (nSPS) is 14.2. The van der Waals surface area contributed by atoms with Gasteiger partial charge in [0, 0.05) is 27.9 Å². The predicted octanol–water partition coefficient (Wildman–Crippen LogP) is 4.23. The van der Waals surface area contributed by atoms with Crippen molar-refractivity contribution in [2.75, 3.05) is 0 Å². The van der Waals surface area contributed by atoms with Crippen molar-refractivity contribution >= 4 is 23.2 Å². The van der Waals surface area contributed by atoms with Gasteiger partial charge in [0.2, 0.25) is 0 Å². The first-order valence-corrected chi connectivity index (χ1v) is 6.38. The van der Waals surface area contributed by atoms with Gasteiger partial charge in [-0.25, -0.2) is 0 Å². The second-order valence-electron chi connectivity index (χ2n) is 4.19. The molecule has 18 heavy (non-hydrogen) atoms. The van der Waals surface area contributed by atoms with Crippen LogP contribution in [0.15, 0.2) is 42.6 Å². The van der Waals surface area contributed by atoms with E-state index in [0.717, 1.165) is 5.69 Å². The minimum Gasteiger partial charge on any atom is -0.388 e. The second kappa shape index (κ2) is 5.70. The molecule has 2 rings (SSSR count). The lowest BCUT2D eigenvalue weighted by molar-refractivity contribution is 0.150. The molecule has 2 aromatic rings. The van der Waals surface area contributed by atoms with E-state index in [0.29, 0.717) is 15.6 Å². The summed E-state index contributed by atoms with van der Waals surface area (Å²) >= 11 is 11.9. The van der Waals surface area contributed by atoms with E-state index in [1.807, 2.05) is 25.1 Å². The second-order valence-corrected chi connectivity index (χ2v) is 5.06. The van der Waals surface area contributed by atoms with Crippen molar-refractivity contribution in [3.63, 3.8) is 0 Å². The number of hydrogen-bond acceptors (Lipinski definition) is 2. The van der Waals surface area contributed by atoms with Crippen molar-refractivity contribution in [2.24, 2.45) is 0 Å². The maximum atomic E-state index is 10.3. The quantitative estimate of drug-likeness (QED) is 0.914. The zero-order valence-electron chi connectivity index (χ0n) is 9.85. The molecule has 1 N–H and O–H groups in total. The molecule has 1 aromatic carbocycles. The Morgan fingerprint density at radius 1 is 1.11 bits per heavy atom. The monoisotopic (exact) mass is 281 g/mol. The first kappa shape index (κ1) is 13.3. The third-order valence-electron chi connectivity index (χ3n) is 2.85. The maximum absolute atomic E-state index is 10.3. The highest BCUT2D eigenvalue weighted by molar-refractivity contribution is 6.34. The van der Waals surface area contributed by atoms with E-state index in [1.165, 1.54) is 0 Å². The van der Waals surface area contributed by atoms with Crippen LogP contribution < -0.4 is 0 Å². The fraction of sp³-hybridized carbons (Fsp3) is 0.214. The third kappa shape index (κ3) is 3.02. The molecule has 2 nitrogen and oxygen atoms in total.